The van der Waals surface area contributed by atoms with Crippen LogP contribution in [0.3, 0.4) is 0 Å². The molecule has 2 heterocycles. The van der Waals surface area contributed by atoms with Crippen LogP contribution in [-0.4, -0.2) is 43.1 Å². The molecular weight excluding hydrogens is 342 g/mol. The molecule has 1 N–H and O–H groups in total. The summed E-state index contributed by atoms with van der Waals surface area (Å²) in [6, 6.07) is 5.78. The maximum atomic E-state index is 12.9. The average Bonchev–Trinajstić information content (AvgIpc) is 2.94. The Hall–Kier alpha value is -2.24. The molecule has 6 nitrogen and oxygen atoms in total. The summed E-state index contributed by atoms with van der Waals surface area (Å²) in [7, 11) is 1.61. The number of carbonyl (C=O) groups is 2. The van der Waals surface area contributed by atoms with Crippen LogP contribution in [0.5, 0.6) is 5.75 Å². The van der Waals surface area contributed by atoms with Gasteiger partial charge in [-0.3, -0.25) is 4.79 Å². The molecule has 0 spiro atoms. The fraction of sp³-hybridized carbons (Fsp3) is 0.619. The van der Waals surface area contributed by atoms with E-state index in [1.807, 2.05) is 23.1 Å². The van der Waals surface area contributed by atoms with Crippen molar-refractivity contribution < 1.29 is 14.3 Å². The molecule has 2 saturated heterocycles. The van der Waals surface area contributed by atoms with Crippen LogP contribution < -0.4 is 15.0 Å². The summed E-state index contributed by atoms with van der Waals surface area (Å²) in [6.45, 7) is 3.64. The van der Waals surface area contributed by atoms with Crippen LogP contribution in [0.2, 0.25) is 0 Å². The summed E-state index contributed by atoms with van der Waals surface area (Å²) in [6.07, 6.45) is 7.95. The molecule has 3 rings (SSSR count). The van der Waals surface area contributed by atoms with Gasteiger partial charge in [-0.05, 0) is 50.3 Å². The fourth-order valence-electron chi connectivity index (χ4n) is 4.10. The Labute approximate surface area is 161 Å². The molecule has 3 amide bonds. The van der Waals surface area contributed by atoms with Crippen LogP contribution >= 0.6 is 0 Å². The van der Waals surface area contributed by atoms with E-state index in [9.17, 15) is 9.59 Å². The molecule has 2 fully saturated rings. The molecular formula is C21H31N3O3. The molecule has 148 valence electrons. The van der Waals surface area contributed by atoms with E-state index in [4.69, 9.17) is 4.74 Å². The highest BCUT2D eigenvalue weighted by Crippen LogP contribution is 2.34. The molecule has 0 radical (unpaired) electrons. The number of nitrogens with one attached hydrogen (secondary N) is 1. The predicted molar refractivity (Wildman–Crippen MR) is 107 cm³/mol. The summed E-state index contributed by atoms with van der Waals surface area (Å²) in [5, 5.41) is 3.04. The highest BCUT2D eigenvalue weighted by atomic mass is 16.5. The van der Waals surface area contributed by atoms with Crippen LogP contribution in [0.4, 0.5) is 16.2 Å². The largest absolute Gasteiger partial charge is 0.495 e. The Bertz CT molecular complexity index is 677. The maximum absolute atomic E-state index is 12.9. The second kappa shape index (κ2) is 9.11. The van der Waals surface area contributed by atoms with Gasteiger partial charge in [0.05, 0.1) is 12.8 Å². The van der Waals surface area contributed by atoms with Gasteiger partial charge in [0.2, 0.25) is 5.91 Å². The van der Waals surface area contributed by atoms with Crippen LogP contribution in [0.25, 0.3) is 0 Å². The highest BCUT2D eigenvalue weighted by molar-refractivity contribution is 5.97. The van der Waals surface area contributed by atoms with Crippen molar-refractivity contribution in [1.29, 1.82) is 0 Å². The number of ether oxygens (including phenoxy) is 1. The average molecular weight is 373 g/mol. The number of rotatable bonds is 4. The Morgan fingerprint density at radius 2 is 2.00 bits per heavy atom. The van der Waals surface area contributed by atoms with Crippen molar-refractivity contribution in [2.75, 3.05) is 30.4 Å². The molecule has 0 aromatic heterocycles. The number of methoxy groups -OCH3 is 1. The summed E-state index contributed by atoms with van der Waals surface area (Å²) in [5.41, 5.74) is 1.44. The van der Waals surface area contributed by atoms with Crippen LogP contribution in [0, 0.1) is 0 Å². The Morgan fingerprint density at radius 3 is 2.74 bits per heavy atom. The van der Waals surface area contributed by atoms with Gasteiger partial charge in [0.1, 0.15) is 5.75 Å². The monoisotopic (exact) mass is 373 g/mol. The summed E-state index contributed by atoms with van der Waals surface area (Å²) >= 11 is 0. The van der Waals surface area contributed by atoms with E-state index in [2.05, 4.69) is 12.2 Å². The third-order valence-corrected chi connectivity index (χ3v) is 5.65. The molecule has 2 aliphatic rings. The Morgan fingerprint density at radius 1 is 1.19 bits per heavy atom. The van der Waals surface area contributed by atoms with Crippen molar-refractivity contribution in [2.45, 2.75) is 64.3 Å². The minimum Gasteiger partial charge on any atom is -0.495 e. The number of benzene rings is 1. The zero-order valence-corrected chi connectivity index (χ0v) is 16.5. The van der Waals surface area contributed by atoms with Crippen LogP contribution in [-0.2, 0) is 4.79 Å². The predicted octanol–water partition coefficient (Wildman–Crippen LogP) is 4.40. The lowest BCUT2D eigenvalue weighted by molar-refractivity contribution is -0.119. The molecule has 0 aliphatic carbocycles. The van der Waals surface area contributed by atoms with Gasteiger partial charge in [-0.25, -0.2) is 4.79 Å². The van der Waals surface area contributed by atoms with Gasteiger partial charge in [-0.1, -0.05) is 19.8 Å². The van der Waals surface area contributed by atoms with Gasteiger partial charge in [0.25, 0.3) is 0 Å². The van der Waals surface area contributed by atoms with Crippen LogP contribution in [0.15, 0.2) is 18.2 Å². The van der Waals surface area contributed by atoms with Gasteiger partial charge in [-0.15, -0.1) is 0 Å². The maximum Gasteiger partial charge on any atom is 0.322 e. The van der Waals surface area contributed by atoms with Gasteiger partial charge >= 0.3 is 6.03 Å². The number of hydrogen-bond donors (Lipinski definition) is 1. The van der Waals surface area contributed by atoms with Gasteiger partial charge in [0.15, 0.2) is 0 Å². The van der Waals surface area contributed by atoms with E-state index in [0.717, 1.165) is 44.3 Å². The number of urea groups is 1. The van der Waals surface area contributed by atoms with Crippen molar-refractivity contribution in [3.8, 4) is 5.75 Å². The lowest BCUT2D eigenvalue weighted by Gasteiger charge is -2.30. The van der Waals surface area contributed by atoms with Crippen molar-refractivity contribution >= 4 is 23.3 Å². The first-order valence-corrected chi connectivity index (χ1v) is 10.2. The quantitative estimate of drug-likeness (QED) is 0.851. The standard InChI is InChI=1S/C21H31N3O3/c1-3-17-9-5-4-7-13-23(17)21(26)22-16-11-12-19(27-2)18(15-16)24-14-8-6-10-20(24)25/h11-12,15,17H,3-10,13-14H2,1-2H3,(H,22,26). The smallest absolute Gasteiger partial charge is 0.322 e. The first kappa shape index (κ1) is 19.5. The molecule has 0 saturated carbocycles. The normalized spacial score (nSPS) is 21.0. The third-order valence-electron chi connectivity index (χ3n) is 5.65. The lowest BCUT2D eigenvalue weighted by Crippen LogP contribution is -2.42. The van der Waals surface area contributed by atoms with Crippen molar-refractivity contribution in [2.24, 2.45) is 0 Å². The lowest BCUT2D eigenvalue weighted by atomic mass is 10.1. The zero-order chi connectivity index (χ0) is 19.2. The third kappa shape index (κ3) is 4.54. The SMILES string of the molecule is CCC1CCCCCN1C(=O)Nc1ccc(OC)c(N2CCCCC2=O)c1. The molecule has 1 unspecified atom stereocenters. The number of hydrogen-bond acceptors (Lipinski definition) is 3. The molecule has 1 aromatic carbocycles. The Kier molecular flexibility index (Phi) is 6.58. The molecule has 1 aromatic rings. The second-order valence-electron chi connectivity index (χ2n) is 7.42. The first-order chi connectivity index (χ1) is 13.1. The van der Waals surface area contributed by atoms with E-state index in [1.165, 1.54) is 12.8 Å². The van der Waals surface area contributed by atoms with Gasteiger partial charge in [-0.2, -0.15) is 0 Å². The number of nitrogens with zero attached hydrogens (tertiary/aromatic N) is 2. The first-order valence-electron chi connectivity index (χ1n) is 10.2. The molecule has 2 aliphatic heterocycles. The molecule has 1 atom stereocenters. The van der Waals surface area contributed by atoms with E-state index >= 15 is 0 Å². The van der Waals surface area contributed by atoms with E-state index in [1.54, 1.807) is 12.0 Å². The second-order valence-corrected chi connectivity index (χ2v) is 7.42. The van der Waals surface area contributed by atoms with Crippen LogP contribution in [0.1, 0.15) is 58.3 Å². The number of amides is 3. The van der Waals surface area contributed by atoms with E-state index in [-0.39, 0.29) is 11.9 Å². The minimum absolute atomic E-state index is 0.0511. The highest BCUT2D eigenvalue weighted by Gasteiger charge is 2.26. The number of piperidine rings is 1. The van der Waals surface area contributed by atoms with Crippen molar-refractivity contribution in [1.82, 2.24) is 4.90 Å². The number of carbonyl (C=O) groups excluding carboxylic acids is 2. The fourth-order valence-corrected chi connectivity index (χ4v) is 4.10. The van der Waals surface area contributed by atoms with Crippen molar-refractivity contribution in [3.63, 3.8) is 0 Å². The molecule has 27 heavy (non-hydrogen) atoms. The summed E-state index contributed by atoms with van der Waals surface area (Å²) < 4.78 is 5.46. The minimum atomic E-state index is -0.0511. The number of likely N-dealkylation sites (tertiary alicyclic amines) is 1. The van der Waals surface area contributed by atoms with Gasteiger partial charge < -0.3 is 19.9 Å². The molecule has 0 bridgehead atoms. The number of anilines is 2. The van der Waals surface area contributed by atoms with Gasteiger partial charge in [0, 0.05) is 31.2 Å². The topological polar surface area (TPSA) is 61.9 Å². The van der Waals surface area contributed by atoms with Crippen molar-refractivity contribution in [3.05, 3.63) is 18.2 Å². The zero-order valence-electron chi connectivity index (χ0n) is 16.5. The van der Waals surface area contributed by atoms with E-state index < -0.39 is 0 Å². The van der Waals surface area contributed by atoms with E-state index in [0.29, 0.717) is 30.4 Å². The molecule has 6 heteroatoms. The summed E-state index contributed by atoms with van der Waals surface area (Å²) in [5.74, 6) is 0.769. The summed E-state index contributed by atoms with van der Waals surface area (Å²) in [4.78, 5) is 29.0. The Balaban J connectivity index is 1.79.